The largest absolute Gasteiger partial charge is 0.477 e. The third-order valence-corrected chi connectivity index (χ3v) is 4.60. The molecule has 2 aromatic carbocycles. The van der Waals surface area contributed by atoms with Crippen molar-refractivity contribution in [3.05, 3.63) is 64.9 Å². The molecule has 0 spiro atoms. The van der Waals surface area contributed by atoms with E-state index >= 15 is 0 Å². The van der Waals surface area contributed by atoms with Gasteiger partial charge in [-0.25, -0.2) is 4.39 Å². The van der Waals surface area contributed by atoms with Crippen LogP contribution in [0.1, 0.15) is 18.9 Å². The number of carbonyl (C=O) groups is 2. The Morgan fingerprint density at radius 1 is 1.29 bits per heavy atom. The Morgan fingerprint density at radius 3 is 2.82 bits per heavy atom. The number of carbonyl (C=O) groups excluding carboxylic acids is 2. The molecule has 0 saturated carbocycles. The summed E-state index contributed by atoms with van der Waals surface area (Å²) in [6.07, 6.45) is 2.55. The highest BCUT2D eigenvalue weighted by Crippen LogP contribution is 2.33. The van der Waals surface area contributed by atoms with Crippen LogP contribution in [0.5, 0.6) is 5.75 Å². The van der Waals surface area contributed by atoms with Gasteiger partial charge in [-0.05, 0) is 36.8 Å². The average Bonchev–Trinajstić information content (AvgIpc) is 2.70. The summed E-state index contributed by atoms with van der Waals surface area (Å²) in [5.74, 6) is -0.759. The summed E-state index contributed by atoms with van der Waals surface area (Å²) in [5.41, 5.74) is 0.688. The molecule has 1 heterocycles. The van der Waals surface area contributed by atoms with Crippen LogP contribution in [0.25, 0.3) is 6.08 Å². The average molecular weight is 403 g/mol. The second-order valence-electron chi connectivity index (χ2n) is 6.28. The van der Waals surface area contributed by atoms with Crippen LogP contribution in [0.3, 0.4) is 0 Å². The number of amides is 2. The zero-order valence-electron chi connectivity index (χ0n) is 15.3. The number of para-hydroxylation sites is 2. The maximum atomic E-state index is 13.9. The van der Waals surface area contributed by atoms with Crippen LogP contribution in [-0.4, -0.2) is 31.0 Å². The maximum Gasteiger partial charge on any atom is 0.262 e. The Hall–Kier alpha value is -2.86. The van der Waals surface area contributed by atoms with Crippen molar-refractivity contribution in [2.45, 2.75) is 19.4 Å². The van der Waals surface area contributed by atoms with Gasteiger partial charge >= 0.3 is 0 Å². The molecule has 1 aliphatic heterocycles. The number of hydrogen-bond acceptors (Lipinski definition) is 3. The van der Waals surface area contributed by atoms with Gasteiger partial charge in [0.05, 0.1) is 17.3 Å². The van der Waals surface area contributed by atoms with E-state index < -0.39 is 17.8 Å². The molecule has 7 heteroatoms. The van der Waals surface area contributed by atoms with Crippen LogP contribution >= 0.6 is 11.6 Å². The molecule has 0 bridgehead atoms. The number of nitrogens with one attached hydrogen (secondary N) is 1. The predicted molar refractivity (Wildman–Crippen MR) is 107 cm³/mol. The number of hydrogen-bond donors (Lipinski definition) is 1. The SMILES string of the molecule is CCCNC(=O)[C@H]1CN(C(=O)/C=C/c2c(F)cccc2Cl)c2ccccc2O1. The number of benzene rings is 2. The Labute approximate surface area is 167 Å². The fraction of sp³-hybridized carbons (Fsp3) is 0.238. The van der Waals surface area contributed by atoms with Crippen molar-refractivity contribution >= 4 is 35.2 Å². The summed E-state index contributed by atoms with van der Waals surface area (Å²) < 4.78 is 19.7. The summed E-state index contributed by atoms with van der Waals surface area (Å²) in [7, 11) is 0. The molecule has 0 unspecified atom stereocenters. The van der Waals surface area contributed by atoms with Gasteiger partial charge in [0.1, 0.15) is 11.6 Å². The second-order valence-corrected chi connectivity index (χ2v) is 6.69. The number of ether oxygens (including phenoxy) is 1. The van der Waals surface area contributed by atoms with Crippen molar-refractivity contribution in [3.63, 3.8) is 0 Å². The molecule has 0 aromatic heterocycles. The van der Waals surface area contributed by atoms with Gasteiger partial charge in [0, 0.05) is 18.2 Å². The van der Waals surface area contributed by atoms with E-state index in [0.29, 0.717) is 18.0 Å². The van der Waals surface area contributed by atoms with E-state index in [-0.39, 0.29) is 23.0 Å². The standard InChI is InChI=1S/C21H20ClFN2O3/c1-2-12-24-21(27)19-13-25(17-8-3-4-9-18(17)28-19)20(26)11-10-14-15(22)6-5-7-16(14)23/h3-11,19H,2,12-13H2,1H3,(H,24,27)/b11-10+/t19-/m1/s1. The van der Waals surface area contributed by atoms with Crippen LogP contribution in [0.4, 0.5) is 10.1 Å². The Morgan fingerprint density at radius 2 is 2.07 bits per heavy atom. The summed E-state index contributed by atoms with van der Waals surface area (Å²) in [5, 5.41) is 2.99. The highest BCUT2D eigenvalue weighted by molar-refractivity contribution is 6.32. The molecule has 5 nitrogen and oxygen atoms in total. The fourth-order valence-electron chi connectivity index (χ4n) is 2.86. The first-order valence-electron chi connectivity index (χ1n) is 8.98. The number of anilines is 1. The normalized spacial score (nSPS) is 15.8. The molecular formula is C21H20ClFN2O3. The van der Waals surface area contributed by atoms with Gasteiger partial charge in [-0.15, -0.1) is 0 Å². The third kappa shape index (κ3) is 4.34. The van der Waals surface area contributed by atoms with Crippen LogP contribution in [-0.2, 0) is 9.59 Å². The molecular weight excluding hydrogens is 383 g/mol. The van der Waals surface area contributed by atoms with Gasteiger partial charge in [-0.1, -0.05) is 36.7 Å². The van der Waals surface area contributed by atoms with Crippen LogP contribution in [0.15, 0.2) is 48.5 Å². The van der Waals surface area contributed by atoms with Crippen molar-refractivity contribution in [2.24, 2.45) is 0 Å². The molecule has 3 rings (SSSR count). The first-order chi connectivity index (χ1) is 13.5. The van der Waals surface area contributed by atoms with Crippen molar-refractivity contribution < 1.29 is 18.7 Å². The molecule has 0 radical (unpaired) electrons. The van der Waals surface area contributed by atoms with Crippen LogP contribution < -0.4 is 15.0 Å². The highest BCUT2D eigenvalue weighted by atomic mass is 35.5. The molecule has 146 valence electrons. The summed E-state index contributed by atoms with van der Waals surface area (Å²) in [6.45, 7) is 2.53. The van der Waals surface area contributed by atoms with E-state index in [0.717, 1.165) is 6.42 Å². The lowest BCUT2D eigenvalue weighted by molar-refractivity contribution is -0.128. The molecule has 0 saturated heterocycles. The lowest BCUT2D eigenvalue weighted by Gasteiger charge is -2.33. The molecule has 0 fully saturated rings. The number of halogens is 2. The van der Waals surface area contributed by atoms with Crippen molar-refractivity contribution in [1.29, 1.82) is 0 Å². The molecule has 1 N–H and O–H groups in total. The van der Waals surface area contributed by atoms with Gasteiger partial charge in [0.15, 0.2) is 6.10 Å². The minimum absolute atomic E-state index is 0.0563. The van der Waals surface area contributed by atoms with Crippen LogP contribution in [0.2, 0.25) is 5.02 Å². The topological polar surface area (TPSA) is 58.6 Å². The Kier molecular flexibility index (Phi) is 6.31. The molecule has 2 aromatic rings. The summed E-state index contributed by atoms with van der Waals surface area (Å²) in [4.78, 5) is 26.6. The van der Waals surface area contributed by atoms with E-state index in [9.17, 15) is 14.0 Å². The number of fused-ring (bicyclic) bond motifs is 1. The lowest BCUT2D eigenvalue weighted by Crippen LogP contribution is -2.50. The molecule has 0 aliphatic carbocycles. The summed E-state index contributed by atoms with van der Waals surface area (Å²) >= 11 is 6.00. The smallest absolute Gasteiger partial charge is 0.262 e. The first kappa shape index (κ1) is 19.9. The number of nitrogens with zero attached hydrogens (tertiary/aromatic N) is 1. The highest BCUT2D eigenvalue weighted by Gasteiger charge is 2.32. The summed E-state index contributed by atoms with van der Waals surface area (Å²) in [6, 6.07) is 11.3. The fourth-order valence-corrected chi connectivity index (χ4v) is 3.08. The van der Waals surface area contributed by atoms with Crippen molar-refractivity contribution in [1.82, 2.24) is 5.32 Å². The van der Waals surface area contributed by atoms with E-state index in [2.05, 4.69) is 5.32 Å². The molecule has 1 aliphatic rings. The van der Waals surface area contributed by atoms with E-state index in [1.165, 1.54) is 29.2 Å². The quantitative estimate of drug-likeness (QED) is 0.773. The second kappa shape index (κ2) is 8.89. The molecule has 28 heavy (non-hydrogen) atoms. The third-order valence-electron chi connectivity index (χ3n) is 4.27. The van der Waals surface area contributed by atoms with E-state index in [1.807, 2.05) is 6.92 Å². The maximum absolute atomic E-state index is 13.9. The zero-order chi connectivity index (χ0) is 20.1. The van der Waals surface area contributed by atoms with Crippen molar-refractivity contribution in [3.8, 4) is 5.75 Å². The van der Waals surface area contributed by atoms with Gasteiger partial charge in [-0.3, -0.25) is 9.59 Å². The lowest BCUT2D eigenvalue weighted by atomic mass is 10.1. The minimum Gasteiger partial charge on any atom is -0.477 e. The van der Waals surface area contributed by atoms with Gasteiger partial charge < -0.3 is 15.0 Å². The Balaban J connectivity index is 1.85. The predicted octanol–water partition coefficient (Wildman–Crippen LogP) is 3.81. The van der Waals surface area contributed by atoms with E-state index in [1.54, 1.807) is 30.3 Å². The van der Waals surface area contributed by atoms with Gasteiger partial charge in [0.2, 0.25) is 0 Å². The van der Waals surface area contributed by atoms with Crippen molar-refractivity contribution in [2.75, 3.05) is 18.0 Å². The molecule has 2 amide bonds. The zero-order valence-corrected chi connectivity index (χ0v) is 16.1. The Bertz CT molecular complexity index is 896. The van der Waals surface area contributed by atoms with Gasteiger partial charge in [-0.2, -0.15) is 0 Å². The number of rotatable bonds is 5. The van der Waals surface area contributed by atoms with E-state index in [4.69, 9.17) is 16.3 Å². The monoisotopic (exact) mass is 402 g/mol. The minimum atomic E-state index is -0.823. The van der Waals surface area contributed by atoms with Gasteiger partial charge in [0.25, 0.3) is 11.8 Å². The van der Waals surface area contributed by atoms with Crippen LogP contribution in [0, 0.1) is 5.82 Å². The first-order valence-corrected chi connectivity index (χ1v) is 9.36. The molecule has 1 atom stereocenters.